The van der Waals surface area contributed by atoms with Gasteiger partial charge >= 0.3 is 0 Å². The Morgan fingerprint density at radius 3 is 2.21 bits per heavy atom. The fourth-order valence-corrected chi connectivity index (χ4v) is 3.25. The highest BCUT2D eigenvalue weighted by Gasteiger charge is 2.32. The molecule has 1 rings (SSSR count). The minimum absolute atomic E-state index is 0.197. The second kappa shape index (κ2) is 8.81. The van der Waals surface area contributed by atoms with Crippen LogP contribution in [0.1, 0.15) is 51.0 Å². The molecular weight excluding hydrogens is 282 g/mol. The van der Waals surface area contributed by atoms with Crippen LogP contribution in [0.15, 0.2) is 24.3 Å². The van der Waals surface area contributed by atoms with Crippen molar-refractivity contribution in [3.05, 3.63) is 35.6 Å². The molecule has 3 heteroatoms. The molecule has 0 amide bonds. The summed E-state index contributed by atoms with van der Waals surface area (Å²) in [4.78, 5) is 0. The lowest BCUT2D eigenvalue weighted by molar-refractivity contribution is 0.432. The molecule has 0 N–H and O–H groups in total. The predicted octanol–water partition coefficient (Wildman–Crippen LogP) is 5.90. The number of unbranched alkanes of at least 4 members (excludes halogenated alkanes) is 4. The Morgan fingerprint density at radius 2 is 1.63 bits per heavy atom. The number of halogens is 3. The van der Waals surface area contributed by atoms with E-state index in [0.29, 0.717) is 17.3 Å². The molecule has 0 atom stereocenters. The van der Waals surface area contributed by atoms with Gasteiger partial charge in [0.15, 0.2) is 0 Å². The fourth-order valence-electron chi connectivity index (χ4n) is 2.41. The molecule has 1 aromatic carbocycles. The van der Waals surface area contributed by atoms with Gasteiger partial charge in [-0.05, 0) is 18.1 Å². The molecule has 0 unspecified atom stereocenters. The van der Waals surface area contributed by atoms with E-state index in [9.17, 15) is 4.39 Å². The molecule has 0 spiro atoms. The maximum absolute atomic E-state index is 14.0. The van der Waals surface area contributed by atoms with E-state index < -0.39 is 5.41 Å². The Kier molecular flexibility index (Phi) is 7.78. The maximum atomic E-state index is 14.0. The number of hydrogen-bond donors (Lipinski definition) is 0. The van der Waals surface area contributed by atoms with Crippen LogP contribution in [0, 0.1) is 5.82 Å². The molecule has 0 saturated carbocycles. The summed E-state index contributed by atoms with van der Waals surface area (Å²) in [5.41, 5.74) is 0.233. The standard InChI is InChI=1S/C16H23Cl2F/c1-2-3-4-5-8-11-16(12-17,13-18)14-9-6-7-10-15(14)19/h6-7,9-10H,2-5,8,11-13H2,1H3. The first-order valence-electron chi connectivity index (χ1n) is 7.07. The second-order valence-corrected chi connectivity index (χ2v) is 5.73. The molecule has 0 radical (unpaired) electrons. The zero-order chi connectivity index (χ0) is 14.1. The fraction of sp³-hybridized carbons (Fsp3) is 0.625. The first-order valence-corrected chi connectivity index (χ1v) is 8.14. The molecule has 0 aliphatic carbocycles. The molecule has 0 fully saturated rings. The van der Waals surface area contributed by atoms with Crippen molar-refractivity contribution in [3.63, 3.8) is 0 Å². The summed E-state index contributed by atoms with van der Waals surface area (Å²) >= 11 is 12.2. The maximum Gasteiger partial charge on any atom is 0.127 e. The summed E-state index contributed by atoms with van der Waals surface area (Å²) in [5.74, 6) is 0.536. The Bertz CT molecular complexity index is 362. The molecule has 0 aromatic heterocycles. The molecule has 0 bridgehead atoms. The summed E-state index contributed by atoms with van der Waals surface area (Å²) in [6.45, 7) is 2.20. The van der Waals surface area contributed by atoms with Gasteiger partial charge in [-0.2, -0.15) is 0 Å². The predicted molar refractivity (Wildman–Crippen MR) is 82.9 cm³/mol. The van der Waals surface area contributed by atoms with E-state index in [1.165, 1.54) is 25.3 Å². The van der Waals surface area contributed by atoms with Crippen molar-refractivity contribution in [2.24, 2.45) is 0 Å². The van der Waals surface area contributed by atoms with Crippen molar-refractivity contribution in [1.29, 1.82) is 0 Å². The topological polar surface area (TPSA) is 0 Å². The van der Waals surface area contributed by atoms with Crippen LogP contribution in [-0.2, 0) is 5.41 Å². The van der Waals surface area contributed by atoms with Crippen molar-refractivity contribution in [3.8, 4) is 0 Å². The molecule has 0 aliphatic heterocycles. The Hall–Kier alpha value is -0.270. The third kappa shape index (κ3) is 4.65. The Morgan fingerprint density at radius 1 is 1.00 bits per heavy atom. The zero-order valence-corrected chi connectivity index (χ0v) is 13.1. The largest absolute Gasteiger partial charge is 0.207 e. The minimum atomic E-state index is -0.430. The van der Waals surface area contributed by atoms with Crippen molar-refractivity contribution in [2.45, 2.75) is 50.9 Å². The van der Waals surface area contributed by atoms with Crippen LogP contribution in [0.4, 0.5) is 4.39 Å². The Balaban J connectivity index is 2.71. The Labute approximate surface area is 126 Å². The van der Waals surface area contributed by atoms with Crippen molar-refractivity contribution in [2.75, 3.05) is 11.8 Å². The highest BCUT2D eigenvalue weighted by atomic mass is 35.5. The van der Waals surface area contributed by atoms with Gasteiger partial charge in [-0.15, -0.1) is 23.2 Å². The van der Waals surface area contributed by atoms with E-state index in [4.69, 9.17) is 23.2 Å². The summed E-state index contributed by atoms with van der Waals surface area (Å²) in [6.07, 6.45) is 6.78. The molecule has 19 heavy (non-hydrogen) atoms. The van der Waals surface area contributed by atoms with Gasteiger partial charge in [-0.1, -0.05) is 57.2 Å². The molecule has 108 valence electrons. The van der Waals surface area contributed by atoms with E-state index in [1.807, 2.05) is 12.1 Å². The zero-order valence-electron chi connectivity index (χ0n) is 11.6. The SMILES string of the molecule is CCCCCCCC(CCl)(CCl)c1ccccc1F. The normalized spacial score (nSPS) is 11.8. The monoisotopic (exact) mass is 304 g/mol. The number of rotatable bonds is 9. The quantitative estimate of drug-likeness (QED) is 0.393. The van der Waals surface area contributed by atoms with Gasteiger partial charge in [0.25, 0.3) is 0 Å². The molecule has 1 aromatic rings. The molecular formula is C16H23Cl2F. The highest BCUT2D eigenvalue weighted by molar-refractivity contribution is 6.22. The third-order valence-electron chi connectivity index (χ3n) is 3.72. The lowest BCUT2D eigenvalue weighted by Crippen LogP contribution is -2.31. The van der Waals surface area contributed by atoms with Crippen LogP contribution in [0.3, 0.4) is 0 Å². The molecule has 0 saturated heterocycles. The minimum Gasteiger partial charge on any atom is -0.207 e. The molecule has 0 aliphatic rings. The van der Waals surface area contributed by atoms with Gasteiger partial charge in [0, 0.05) is 17.2 Å². The van der Waals surface area contributed by atoms with E-state index in [0.717, 1.165) is 19.3 Å². The van der Waals surface area contributed by atoms with Gasteiger partial charge in [-0.25, -0.2) is 4.39 Å². The van der Waals surface area contributed by atoms with E-state index in [-0.39, 0.29) is 5.82 Å². The van der Waals surface area contributed by atoms with Crippen LogP contribution in [0.2, 0.25) is 0 Å². The second-order valence-electron chi connectivity index (χ2n) is 5.19. The third-order valence-corrected chi connectivity index (χ3v) is 4.74. The molecule has 0 heterocycles. The van der Waals surface area contributed by atoms with Gasteiger partial charge in [0.1, 0.15) is 5.82 Å². The van der Waals surface area contributed by atoms with Crippen LogP contribution in [0.25, 0.3) is 0 Å². The van der Waals surface area contributed by atoms with Crippen molar-refractivity contribution >= 4 is 23.2 Å². The highest BCUT2D eigenvalue weighted by Crippen LogP contribution is 2.34. The summed E-state index contributed by atoms with van der Waals surface area (Å²) in [6, 6.07) is 6.85. The number of benzene rings is 1. The van der Waals surface area contributed by atoms with Crippen LogP contribution in [0.5, 0.6) is 0 Å². The lowest BCUT2D eigenvalue weighted by atomic mass is 9.79. The first-order chi connectivity index (χ1) is 9.20. The van der Waals surface area contributed by atoms with E-state index in [1.54, 1.807) is 6.07 Å². The lowest BCUT2D eigenvalue weighted by Gasteiger charge is -2.30. The van der Waals surface area contributed by atoms with Crippen LogP contribution >= 0.6 is 23.2 Å². The number of hydrogen-bond acceptors (Lipinski definition) is 0. The average Bonchev–Trinajstić information content (AvgIpc) is 2.44. The number of alkyl halides is 2. The van der Waals surface area contributed by atoms with Gasteiger partial charge < -0.3 is 0 Å². The van der Waals surface area contributed by atoms with Gasteiger partial charge in [0.05, 0.1) is 0 Å². The molecule has 0 nitrogen and oxygen atoms in total. The van der Waals surface area contributed by atoms with Gasteiger partial charge in [-0.3, -0.25) is 0 Å². The smallest absolute Gasteiger partial charge is 0.127 e. The average molecular weight is 305 g/mol. The van der Waals surface area contributed by atoms with Crippen LogP contribution in [-0.4, -0.2) is 11.8 Å². The van der Waals surface area contributed by atoms with E-state index in [2.05, 4.69) is 6.92 Å². The summed E-state index contributed by atoms with van der Waals surface area (Å²) < 4.78 is 14.0. The van der Waals surface area contributed by atoms with Crippen molar-refractivity contribution in [1.82, 2.24) is 0 Å². The van der Waals surface area contributed by atoms with Gasteiger partial charge in [0.2, 0.25) is 0 Å². The summed E-state index contributed by atoms with van der Waals surface area (Å²) in [7, 11) is 0. The first kappa shape index (κ1) is 16.8. The summed E-state index contributed by atoms with van der Waals surface area (Å²) in [5, 5.41) is 0. The van der Waals surface area contributed by atoms with Crippen molar-refractivity contribution < 1.29 is 4.39 Å². The van der Waals surface area contributed by atoms with E-state index >= 15 is 0 Å². The van der Waals surface area contributed by atoms with Crippen LogP contribution < -0.4 is 0 Å².